The van der Waals surface area contributed by atoms with E-state index in [-0.39, 0.29) is 24.7 Å². The normalized spacial score (nSPS) is 30.1. The van der Waals surface area contributed by atoms with Crippen molar-refractivity contribution in [3.8, 4) is 0 Å². The molecule has 0 aromatic carbocycles. The lowest BCUT2D eigenvalue weighted by atomic mass is 9.88. The van der Waals surface area contributed by atoms with Gasteiger partial charge in [-0.2, -0.15) is 0 Å². The van der Waals surface area contributed by atoms with Crippen LogP contribution in [0.4, 0.5) is 0 Å². The number of aliphatic hydroxyl groups is 1. The van der Waals surface area contributed by atoms with Crippen LogP contribution in [0.5, 0.6) is 0 Å². The van der Waals surface area contributed by atoms with Crippen molar-refractivity contribution in [2.45, 2.75) is 44.8 Å². The Hall–Kier alpha value is -0.650. The van der Waals surface area contributed by atoms with Gasteiger partial charge in [0.25, 0.3) is 5.91 Å². The second kappa shape index (κ2) is 7.22. The summed E-state index contributed by atoms with van der Waals surface area (Å²) in [4.78, 5) is 14.0. The van der Waals surface area contributed by atoms with Gasteiger partial charge in [0.1, 0.15) is 6.10 Å². The largest absolute Gasteiger partial charge is 0.396 e. The maximum Gasteiger partial charge on any atom is 0.251 e. The van der Waals surface area contributed by atoms with Crippen molar-refractivity contribution in [1.29, 1.82) is 0 Å². The Labute approximate surface area is 114 Å². The molecule has 0 aromatic rings. The minimum Gasteiger partial charge on any atom is -0.396 e. The van der Waals surface area contributed by atoms with E-state index in [2.05, 4.69) is 0 Å². The minimum absolute atomic E-state index is 0.0765. The molecule has 1 heterocycles. The second-order valence-electron chi connectivity index (χ2n) is 5.54. The fourth-order valence-corrected chi connectivity index (χ4v) is 2.84. The van der Waals surface area contributed by atoms with Crippen LogP contribution in [0.1, 0.15) is 32.6 Å². The Kier molecular flexibility index (Phi) is 5.60. The maximum absolute atomic E-state index is 12.2. The molecule has 2 fully saturated rings. The lowest BCUT2D eigenvalue weighted by Gasteiger charge is -2.32. The van der Waals surface area contributed by atoms with E-state index in [1.54, 1.807) is 0 Å². The average molecular weight is 271 g/mol. The summed E-state index contributed by atoms with van der Waals surface area (Å²) < 4.78 is 11.1. The smallest absolute Gasteiger partial charge is 0.251 e. The Morgan fingerprint density at radius 3 is 2.53 bits per heavy atom. The predicted molar refractivity (Wildman–Crippen MR) is 70.8 cm³/mol. The first kappa shape index (κ1) is 14.8. The number of hydrogen-bond acceptors (Lipinski definition) is 4. The van der Waals surface area contributed by atoms with Crippen LogP contribution in [0.3, 0.4) is 0 Å². The lowest BCUT2D eigenvalue weighted by molar-refractivity contribution is -0.151. The Morgan fingerprint density at radius 2 is 1.95 bits per heavy atom. The molecule has 1 saturated carbocycles. The molecule has 2 aliphatic rings. The molecule has 1 aliphatic carbocycles. The minimum atomic E-state index is -0.367. The lowest BCUT2D eigenvalue weighted by Crippen LogP contribution is -2.46. The van der Waals surface area contributed by atoms with Crippen molar-refractivity contribution in [1.82, 2.24) is 4.90 Å². The van der Waals surface area contributed by atoms with E-state index in [4.69, 9.17) is 14.6 Å². The van der Waals surface area contributed by atoms with Gasteiger partial charge in [-0.1, -0.05) is 0 Å². The summed E-state index contributed by atoms with van der Waals surface area (Å²) in [7, 11) is 0. The van der Waals surface area contributed by atoms with Crippen LogP contribution in [-0.4, -0.2) is 61.0 Å². The first-order valence-electron chi connectivity index (χ1n) is 7.33. The van der Waals surface area contributed by atoms with E-state index in [1.807, 2.05) is 11.8 Å². The molecule has 0 aromatic heterocycles. The SMILES string of the molecule is CC(OC1CCC(CO)CC1)C(=O)N1CCOCC1. The van der Waals surface area contributed by atoms with Gasteiger partial charge in [-0.05, 0) is 38.5 Å². The molecule has 5 nitrogen and oxygen atoms in total. The molecule has 1 amide bonds. The van der Waals surface area contributed by atoms with Gasteiger partial charge >= 0.3 is 0 Å². The van der Waals surface area contributed by atoms with Crippen LogP contribution >= 0.6 is 0 Å². The average Bonchev–Trinajstić information content (AvgIpc) is 2.48. The Morgan fingerprint density at radius 1 is 1.32 bits per heavy atom. The van der Waals surface area contributed by atoms with Gasteiger partial charge in [0.2, 0.25) is 0 Å². The molecule has 0 radical (unpaired) electrons. The highest BCUT2D eigenvalue weighted by molar-refractivity contribution is 5.80. The Balaban J connectivity index is 1.74. The molecular weight excluding hydrogens is 246 g/mol. The first-order chi connectivity index (χ1) is 9.20. The van der Waals surface area contributed by atoms with Crippen molar-refractivity contribution in [3.63, 3.8) is 0 Å². The van der Waals surface area contributed by atoms with Crippen LogP contribution in [0.25, 0.3) is 0 Å². The summed E-state index contributed by atoms with van der Waals surface area (Å²) in [6.07, 6.45) is 3.70. The van der Waals surface area contributed by atoms with Crippen LogP contribution < -0.4 is 0 Å². The zero-order valence-electron chi connectivity index (χ0n) is 11.7. The van der Waals surface area contributed by atoms with Crippen LogP contribution in [-0.2, 0) is 14.3 Å². The highest BCUT2D eigenvalue weighted by Crippen LogP contribution is 2.26. The third kappa shape index (κ3) is 4.16. The third-order valence-corrected chi connectivity index (χ3v) is 4.12. The highest BCUT2D eigenvalue weighted by Gasteiger charge is 2.27. The van der Waals surface area contributed by atoms with Crippen molar-refractivity contribution < 1.29 is 19.4 Å². The van der Waals surface area contributed by atoms with Crippen LogP contribution in [0, 0.1) is 5.92 Å². The van der Waals surface area contributed by atoms with Crippen LogP contribution in [0.2, 0.25) is 0 Å². The quantitative estimate of drug-likeness (QED) is 0.822. The van der Waals surface area contributed by atoms with Crippen LogP contribution in [0.15, 0.2) is 0 Å². The van der Waals surface area contributed by atoms with E-state index in [0.29, 0.717) is 32.2 Å². The zero-order chi connectivity index (χ0) is 13.7. The first-order valence-corrected chi connectivity index (χ1v) is 7.33. The summed E-state index contributed by atoms with van der Waals surface area (Å²) in [6.45, 7) is 4.71. The molecule has 110 valence electrons. The van der Waals surface area contributed by atoms with Gasteiger partial charge in [0, 0.05) is 19.7 Å². The number of rotatable bonds is 4. The Bertz CT molecular complexity index is 283. The third-order valence-electron chi connectivity index (χ3n) is 4.12. The number of carbonyl (C=O) groups excluding carboxylic acids is 1. The van der Waals surface area contributed by atoms with Crippen molar-refractivity contribution >= 4 is 5.91 Å². The molecule has 0 spiro atoms. The molecular formula is C14H25NO4. The number of ether oxygens (including phenoxy) is 2. The topological polar surface area (TPSA) is 59.0 Å². The van der Waals surface area contributed by atoms with E-state index in [9.17, 15) is 4.79 Å². The number of nitrogens with zero attached hydrogens (tertiary/aromatic N) is 1. The molecule has 5 heteroatoms. The molecule has 1 saturated heterocycles. The van der Waals surface area contributed by atoms with Crippen molar-refractivity contribution in [2.24, 2.45) is 5.92 Å². The number of amides is 1. The van der Waals surface area contributed by atoms with E-state index in [0.717, 1.165) is 25.7 Å². The molecule has 0 bridgehead atoms. The van der Waals surface area contributed by atoms with Crippen molar-refractivity contribution in [2.75, 3.05) is 32.9 Å². The number of hydrogen-bond donors (Lipinski definition) is 1. The molecule has 2 rings (SSSR count). The highest BCUT2D eigenvalue weighted by atomic mass is 16.5. The van der Waals surface area contributed by atoms with Gasteiger partial charge in [-0.25, -0.2) is 0 Å². The fourth-order valence-electron chi connectivity index (χ4n) is 2.84. The second-order valence-corrected chi connectivity index (χ2v) is 5.54. The summed E-state index contributed by atoms with van der Waals surface area (Å²) in [5.74, 6) is 0.498. The van der Waals surface area contributed by atoms with E-state index < -0.39 is 0 Å². The van der Waals surface area contributed by atoms with E-state index >= 15 is 0 Å². The fraction of sp³-hybridized carbons (Fsp3) is 0.929. The summed E-state index contributed by atoms with van der Waals surface area (Å²) in [5.41, 5.74) is 0. The molecule has 1 aliphatic heterocycles. The number of aliphatic hydroxyl groups excluding tert-OH is 1. The molecule has 1 unspecified atom stereocenters. The molecule has 1 N–H and O–H groups in total. The monoisotopic (exact) mass is 271 g/mol. The molecule has 19 heavy (non-hydrogen) atoms. The maximum atomic E-state index is 12.2. The summed E-state index contributed by atoms with van der Waals surface area (Å²) in [5, 5.41) is 9.10. The predicted octanol–water partition coefficient (Wildman–Crippen LogP) is 0.801. The molecule has 1 atom stereocenters. The van der Waals surface area contributed by atoms with Gasteiger partial charge in [0.05, 0.1) is 19.3 Å². The van der Waals surface area contributed by atoms with Gasteiger partial charge in [-0.3, -0.25) is 4.79 Å². The van der Waals surface area contributed by atoms with Gasteiger partial charge in [0.15, 0.2) is 0 Å². The van der Waals surface area contributed by atoms with Crippen molar-refractivity contribution in [3.05, 3.63) is 0 Å². The summed E-state index contributed by atoms with van der Waals surface area (Å²) in [6, 6.07) is 0. The van der Waals surface area contributed by atoms with E-state index in [1.165, 1.54) is 0 Å². The number of morpholine rings is 1. The van der Waals surface area contributed by atoms with Gasteiger partial charge < -0.3 is 19.5 Å². The zero-order valence-corrected chi connectivity index (χ0v) is 11.7. The summed E-state index contributed by atoms with van der Waals surface area (Å²) >= 11 is 0. The number of carbonyl (C=O) groups is 1. The van der Waals surface area contributed by atoms with Gasteiger partial charge in [-0.15, -0.1) is 0 Å². The standard InChI is InChI=1S/C14H25NO4/c1-11(14(17)15-6-8-18-9-7-15)19-13-4-2-12(10-16)3-5-13/h11-13,16H,2-10H2,1H3.